The molecule has 0 bridgehead atoms. The van der Waals surface area contributed by atoms with E-state index in [2.05, 4.69) is 99.7 Å². The Hall–Kier alpha value is -3.47. The average Bonchev–Trinajstić information content (AvgIpc) is 3.71. The van der Waals surface area contributed by atoms with E-state index in [0.717, 1.165) is 27.5 Å². The molecule has 52 heavy (non-hydrogen) atoms. The van der Waals surface area contributed by atoms with E-state index in [0.29, 0.717) is 11.3 Å². The first kappa shape index (κ1) is 41.3. The van der Waals surface area contributed by atoms with Gasteiger partial charge in [0.25, 0.3) is 0 Å². The summed E-state index contributed by atoms with van der Waals surface area (Å²) in [6.07, 6.45) is -4.35. The van der Waals surface area contributed by atoms with Crippen molar-refractivity contribution in [2.45, 2.75) is 46.0 Å². The van der Waals surface area contributed by atoms with Crippen molar-refractivity contribution < 1.29 is 61.3 Å². The van der Waals surface area contributed by atoms with E-state index in [4.69, 9.17) is 0 Å². The molecule has 0 radical (unpaired) electrons. The van der Waals surface area contributed by atoms with Gasteiger partial charge in [-0.15, -0.1) is 56.9 Å². The Labute approximate surface area is 332 Å². The van der Waals surface area contributed by atoms with Gasteiger partial charge in [0.05, 0.1) is 0 Å². The summed E-state index contributed by atoms with van der Waals surface area (Å²) >= 11 is 1.74. The van der Waals surface area contributed by atoms with Gasteiger partial charge in [0, 0.05) is 0 Å². The summed E-state index contributed by atoms with van der Waals surface area (Å²) < 4.78 is 39.9. The topological polar surface area (TPSA) is 0 Å². The van der Waals surface area contributed by atoms with Gasteiger partial charge in [0.15, 0.2) is 0 Å². The van der Waals surface area contributed by atoms with Gasteiger partial charge in [-0.1, -0.05) is 135 Å². The Morgan fingerprint density at radius 1 is 0.577 bits per heavy atom. The monoisotopic (exact) mass is 824 g/mol. The second kappa shape index (κ2) is 17.6. The number of alkyl halides is 3. The Bertz CT molecular complexity index is 2460. The van der Waals surface area contributed by atoms with Gasteiger partial charge >= 0.3 is 48.0 Å². The summed E-state index contributed by atoms with van der Waals surface area (Å²) in [4.78, 5) is 0. The maximum Gasteiger partial charge on any atom is 0.382 e. The number of rotatable bonds is 3. The summed E-state index contributed by atoms with van der Waals surface area (Å²) in [5.74, 6) is 0.563. The molecule has 0 N–H and O–H groups in total. The predicted octanol–water partition coefficient (Wildman–Crippen LogP) is 8.00. The van der Waals surface area contributed by atoms with Crippen LogP contribution in [0.2, 0.25) is 13.1 Å². The standard InChI is InChI=1S/C22H19.C21H14F3.C2H6Si.2ClH.Zr/c1-15(2)18-13-17-9-6-12-21(22(17)14-18)20-11-5-8-16-7-3-4-10-19(16)20;1-13-11-18-17(9-10-20(19(18)12-13)21(22,23)24)16-8-4-6-14-5-2-3-7-15(14)16;1-3-2;;;/h3-15H,1-2H3;2-12H,1H3;1-2H3;2*1H;/q2*-1;;;;+2/p-2. The van der Waals surface area contributed by atoms with Crippen molar-refractivity contribution in [3.8, 4) is 22.3 Å². The molecule has 8 aromatic rings. The van der Waals surface area contributed by atoms with Crippen LogP contribution in [-0.2, 0) is 29.5 Å². The van der Waals surface area contributed by atoms with Gasteiger partial charge in [-0.25, -0.2) is 0 Å². The molecule has 0 aromatic heterocycles. The Kier molecular flexibility index (Phi) is 14.0. The number of aryl methyl sites for hydroxylation is 1. The van der Waals surface area contributed by atoms with Crippen LogP contribution >= 0.6 is 0 Å². The number of benzene rings is 6. The van der Waals surface area contributed by atoms with Crippen molar-refractivity contribution in [2.75, 3.05) is 0 Å². The van der Waals surface area contributed by atoms with E-state index in [1.54, 1.807) is 35.5 Å². The maximum absolute atomic E-state index is 13.3. The third kappa shape index (κ3) is 9.00. The molecule has 0 aliphatic carbocycles. The first-order chi connectivity index (χ1) is 23.9. The van der Waals surface area contributed by atoms with Gasteiger partial charge in [0.1, 0.15) is 0 Å². The van der Waals surface area contributed by atoms with E-state index >= 15 is 0 Å². The average molecular weight is 827 g/mol. The quantitative estimate of drug-likeness (QED) is 0.125. The van der Waals surface area contributed by atoms with E-state index < -0.39 is 11.7 Å². The Balaban J connectivity index is 0.000000205. The van der Waals surface area contributed by atoms with Crippen LogP contribution in [-0.4, -0.2) is 5.43 Å². The van der Waals surface area contributed by atoms with Gasteiger partial charge in [0.2, 0.25) is 0 Å². The molecule has 8 aromatic carbocycles. The molecule has 264 valence electrons. The zero-order valence-electron chi connectivity index (χ0n) is 29.7. The van der Waals surface area contributed by atoms with Gasteiger partial charge in [-0.2, -0.15) is 25.3 Å². The van der Waals surface area contributed by atoms with Crippen LogP contribution in [0.15, 0.2) is 140 Å². The number of hydrogen-bond donors (Lipinski definition) is 0. The van der Waals surface area contributed by atoms with Gasteiger partial charge in [-0.3, -0.25) is 0 Å². The molecule has 0 saturated heterocycles. The third-order valence-electron chi connectivity index (χ3n) is 8.94. The van der Waals surface area contributed by atoms with Crippen LogP contribution < -0.4 is 24.8 Å². The van der Waals surface area contributed by atoms with E-state index in [9.17, 15) is 13.2 Å². The minimum absolute atomic E-state index is 0. The Morgan fingerprint density at radius 2 is 1.04 bits per heavy atom. The fraction of sp³-hybridized carbons (Fsp3) is 0.156. The second-order valence-corrected chi connectivity index (χ2v) is 22.7. The fourth-order valence-corrected chi connectivity index (χ4v) is 6.67. The summed E-state index contributed by atoms with van der Waals surface area (Å²) in [6.45, 7) is 11.0. The van der Waals surface area contributed by atoms with E-state index in [-0.39, 0.29) is 35.6 Å². The molecular formula is C45H39Cl2F3SiZr-2. The molecule has 0 amide bonds. The van der Waals surface area contributed by atoms with Crippen molar-refractivity contribution in [1.29, 1.82) is 0 Å². The van der Waals surface area contributed by atoms with Crippen LogP contribution in [0.5, 0.6) is 0 Å². The molecule has 0 atom stereocenters. The molecule has 0 heterocycles. The number of halogens is 5. The van der Waals surface area contributed by atoms with Crippen LogP contribution in [0.4, 0.5) is 13.2 Å². The van der Waals surface area contributed by atoms with Crippen molar-refractivity contribution in [1.82, 2.24) is 0 Å². The third-order valence-corrected chi connectivity index (χ3v) is 8.94. The van der Waals surface area contributed by atoms with E-state index in [1.165, 1.54) is 44.3 Å². The van der Waals surface area contributed by atoms with Crippen LogP contribution in [0, 0.1) is 6.92 Å². The van der Waals surface area contributed by atoms with E-state index in [1.807, 2.05) is 55.5 Å². The maximum atomic E-state index is 13.3. The molecule has 0 saturated carbocycles. The zero-order chi connectivity index (χ0) is 35.6. The van der Waals surface area contributed by atoms with Crippen LogP contribution in [0.3, 0.4) is 0 Å². The SMILES string of the molecule is CC(C)c1cc2c(-c3cccc4ccccc34)cccc2[cH-]1.C[Si](C)=[Zr+2].Cc1cc2c(-c3cccc4ccccc34)ccc(C(F)(F)F)c2[cH-]1.[Cl-].[Cl-]. The summed E-state index contributed by atoms with van der Waals surface area (Å²) in [6, 6.07) is 46.6. The smallest absolute Gasteiger partial charge is 0.382 e. The summed E-state index contributed by atoms with van der Waals surface area (Å²) in [7, 11) is 0. The zero-order valence-corrected chi connectivity index (χ0v) is 34.7. The number of hydrogen-bond acceptors (Lipinski definition) is 0. The van der Waals surface area contributed by atoms with Crippen molar-refractivity contribution in [2.24, 2.45) is 0 Å². The summed E-state index contributed by atoms with van der Waals surface area (Å²) in [5, 5.41) is 8.37. The minimum atomic E-state index is -4.35. The largest absolute Gasteiger partial charge is 1.00 e. The first-order valence-electron chi connectivity index (χ1n) is 16.9. The molecular weight excluding hydrogens is 788 g/mol. The van der Waals surface area contributed by atoms with Gasteiger partial charge in [-0.05, 0) is 44.2 Å². The number of fused-ring (bicyclic) bond motifs is 4. The molecule has 0 aliphatic heterocycles. The van der Waals surface area contributed by atoms with Gasteiger partial charge < -0.3 is 24.8 Å². The molecule has 0 fully saturated rings. The summed E-state index contributed by atoms with van der Waals surface area (Å²) in [5.41, 5.74) is 6.34. The molecule has 7 heteroatoms. The first-order valence-corrected chi connectivity index (χ1v) is 23.1. The second-order valence-electron chi connectivity index (χ2n) is 13.3. The fourth-order valence-electron chi connectivity index (χ4n) is 6.67. The van der Waals surface area contributed by atoms with Crippen LogP contribution in [0.25, 0.3) is 65.3 Å². The molecule has 8 rings (SSSR count). The minimum Gasteiger partial charge on any atom is -1.00 e. The van der Waals surface area contributed by atoms with Crippen molar-refractivity contribution in [3.05, 3.63) is 156 Å². The van der Waals surface area contributed by atoms with Crippen LogP contribution in [0.1, 0.15) is 36.5 Å². The molecule has 0 spiro atoms. The van der Waals surface area contributed by atoms with Crippen molar-refractivity contribution in [3.63, 3.8) is 0 Å². The Morgan fingerprint density at radius 3 is 1.56 bits per heavy atom. The molecule has 0 aliphatic rings. The predicted molar refractivity (Wildman–Crippen MR) is 206 cm³/mol. The normalized spacial score (nSPS) is 11.1. The van der Waals surface area contributed by atoms with Crippen molar-refractivity contribution >= 4 is 48.5 Å². The molecule has 0 nitrogen and oxygen atoms in total. The molecule has 0 unspecified atom stereocenters.